The number of anilines is 1. The number of nitrogens with one attached hydrogen (secondary N) is 1. The van der Waals surface area contributed by atoms with Crippen LogP contribution in [0.2, 0.25) is 0 Å². The predicted octanol–water partition coefficient (Wildman–Crippen LogP) is 6.03. The van der Waals surface area contributed by atoms with Crippen LogP contribution < -0.4 is 10.1 Å². The Morgan fingerprint density at radius 2 is 1.91 bits per heavy atom. The molecule has 0 amide bonds. The zero-order chi connectivity index (χ0) is 22.5. The van der Waals surface area contributed by atoms with E-state index in [1.807, 2.05) is 30.3 Å². The zero-order valence-corrected chi connectivity index (χ0v) is 18.1. The Morgan fingerprint density at radius 1 is 1.09 bits per heavy atom. The maximum atomic E-state index is 13.8. The van der Waals surface area contributed by atoms with Crippen LogP contribution in [0.15, 0.2) is 71.3 Å². The van der Waals surface area contributed by atoms with Gasteiger partial charge in [0.25, 0.3) is 0 Å². The lowest BCUT2D eigenvalue weighted by Crippen LogP contribution is -2.16. The molecule has 0 aliphatic heterocycles. The average Bonchev–Trinajstić information content (AvgIpc) is 3.21. The highest BCUT2D eigenvalue weighted by atomic mass is 19.1. The SMILES string of the molecule is COc1ccc2cc(CCC(=O)CC(Nc3cc(C)on3)c3cccc(F)c3)ccc2c1. The number of methoxy groups -OCH3 is 1. The first-order valence-corrected chi connectivity index (χ1v) is 10.5. The van der Waals surface area contributed by atoms with Gasteiger partial charge in [0.2, 0.25) is 0 Å². The first-order chi connectivity index (χ1) is 15.5. The van der Waals surface area contributed by atoms with Gasteiger partial charge in [0, 0.05) is 18.9 Å². The molecule has 0 radical (unpaired) electrons. The number of hydrogen-bond acceptors (Lipinski definition) is 5. The molecule has 1 aromatic heterocycles. The van der Waals surface area contributed by atoms with Crippen LogP contribution in [-0.2, 0) is 11.2 Å². The Bertz CT molecular complexity index is 1230. The third-order valence-corrected chi connectivity index (χ3v) is 5.44. The average molecular weight is 432 g/mol. The van der Waals surface area contributed by atoms with Gasteiger partial charge in [-0.3, -0.25) is 4.79 Å². The first-order valence-electron chi connectivity index (χ1n) is 10.5. The predicted molar refractivity (Wildman–Crippen MR) is 122 cm³/mol. The molecule has 1 heterocycles. The monoisotopic (exact) mass is 432 g/mol. The molecule has 0 aliphatic rings. The van der Waals surface area contributed by atoms with E-state index in [1.54, 1.807) is 32.2 Å². The fourth-order valence-electron chi connectivity index (χ4n) is 3.76. The standard InChI is InChI=1S/C26H25FN2O3/c1-17-12-26(29-32-17)28-25(21-4-3-5-22(27)14-21)16-23(30)10-7-18-6-8-20-15-24(31-2)11-9-19(20)13-18/h3-6,8-9,11-15,25H,7,10,16H2,1-2H3,(H,28,29). The fraction of sp³-hybridized carbons (Fsp3) is 0.231. The molecule has 0 saturated heterocycles. The zero-order valence-electron chi connectivity index (χ0n) is 18.1. The van der Waals surface area contributed by atoms with Gasteiger partial charge in [-0.15, -0.1) is 0 Å². The summed E-state index contributed by atoms with van der Waals surface area (Å²) in [5.74, 6) is 1.74. The molecule has 4 aromatic rings. The van der Waals surface area contributed by atoms with E-state index in [2.05, 4.69) is 16.5 Å². The molecule has 4 rings (SSSR count). The number of carbonyl (C=O) groups is 1. The van der Waals surface area contributed by atoms with Crippen LogP contribution in [0.3, 0.4) is 0 Å². The van der Waals surface area contributed by atoms with Crippen LogP contribution in [0.4, 0.5) is 10.2 Å². The van der Waals surface area contributed by atoms with E-state index in [4.69, 9.17) is 9.26 Å². The van der Waals surface area contributed by atoms with Crippen molar-refractivity contribution in [3.8, 4) is 5.75 Å². The number of ketones is 1. The quantitative estimate of drug-likeness (QED) is 0.350. The molecule has 3 aromatic carbocycles. The van der Waals surface area contributed by atoms with Gasteiger partial charge in [0.1, 0.15) is 23.1 Å². The topological polar surface area (TPSA) is 64.4 Å². The van der Waals surface area contributed by atoms with Crippen molar-refractivity contribution in [3.63, 3.8) is 0 Å². The van der Waals surface area contributed by atoms with Gasteiger partial charge in [-0.25, -0.2) is 4.39 Å². The van der Waals surface area contributed by atoms with Gasteiger partial charge in [0.15, 0.2) is 5.82 Å². The van der Waals surface area contributed by atoms with Crippen LogP contribution in [0.25, 0.3) is 10.8 Å². The Hall–Kier alpha value is -3.67. The Morgan fingerprint density at radius 3 is 2.66 bits per heavy atom. The second-order valence-electron chi connectivity index (χ2n) is 7.86. The van der Waals surface area contributed by atoms with Crippen molar-refractivity contribution in [3.05, 3.63) is 89.4 Å². The summed E-state index contributed by atoms with van der Waals surface area (Å²) in [6.45, 7) is 1.79. The number of fused-ring (bicyclic) bond motifs is 1. The summed E-state index contributed by atoms with van der Waals surface area (Å²) in [7, 11) is 1.65. The summed E-state index contributed by atoms with van der Waals surface area (Å²) in [6.07, 6.45) is 1.26. The largest absolute Gasteiger partial charge is 0.497 e. The summed E-state index contributed by atoms with van der Waals surface area (Å²) in [5.41, 5.74) is 1.79. The molecule has 1 N–H and O–H groups in total. The molecule has 5 nitrogen and oxygen atoms in total. The van der Waals surface area contributed by atoms with E-state index in [9.17, 15) is 9.18 Å². The van der Waals surface area contributed by atoms with Crippen molar-refractivity contribution in [2.45, 2.75) is 32.2 Å². The first kappa shape index (κ1) is 21.6. The minimum absolute atomic E-state index is 0.0850. The van der Waals surface area contributed by atoms with E-state index >= 15 is 0 Å². The highest BCUT2D eigenvalue weighted by Gasteiger charge is 2.18. The highest BCUT2D eigenvalue weighted by molar-refractivity contribution is 5.85. The maximum absolute atomic E-state index is 13.8. The van der Waals surface area contributed by atoms with Crippen molar-refractivity contribution in [2.24, 2.45) is 0 Å². The molecule has 6 heteroatoms. The number of nitrogens with zero attached hydrogens (tertiary/aromatic N) is 1. The highest BCUT2D eigenvalue weighted by Crippen LogP contribution is 2.26. The van der Waals surface area contributed by atoms with Crippen molar-refractivity contribution in [1.29, 1.82) is 0 Å². The molecule has 1 atom stereocenters. The van der Waals surface area contributed by atoms with Gasteiger partial charge >= 0.3 is 0 Å². The molecular formula is C26H25FN2O3. The number of hydrogen-bond donors (Lipinski definition) is 1. The lowest BCUT2D eigenvalue weighted by atomic mass is 9.97. The fourth-order valence-corrected chi connectivity index (χ4v) is 3.76. The lowest BCUT2D eigenvalue weighted by Gasteiger charge is -2.18. The summed E-state index contributed by atoms with van der Waals surface area (Å²) >= 11 is 0. The molecule has 1 unspecified atom stereocenters. The number of aryl methyl sites for hydroxylation is 2. The van der Waals surface area contributed by atoms with Gasteiger partial charge in [-0.05, 0) is 59.5 Å². The van der Waals surface area contributed by atoms with E-state index in [1.165, 1.54) is 12.1 Å². The van der Waals surface area contributed by atoms with Gasteiger partial charge in [-0.1, -0.05) is 41.6 Å². The smallest absolute Gasteiger partial charge is 0.170 e. The number of ether oxygens (including phenoxy) is 1. The number of aromatic nitrogens is 1. The van der Waals surface area contributed by atoms with Crippen LogP contribution in [0, 0.1) is 12.7 Å². The summed E-state index contributed by atoms with van der Waals surface area (Å²) < 4.78 is 24.2. The van der Waals surface area contributed by atoms with Crippen molar-refractivity contribution in [1.82, 2.24) is 5.16 Å². The molecule has 0 bridgehead atoms. The normalized spacial score (nSPS) is 12.0. The Labute approximate surface area is 186 Å². The third-order valence-electron chi connectivity index (χ3n) is 5.44. The Balaban J connectivity index is 1.44. The Kier molecular flexibility index (Phi) is 6.50. The molecular weight excluding hydrogens is 407 g/mol. The number of benzene rings is 3. The molecule has 32 heavy (non-hydrogen) atoms. The van der Waals surface area contributed by atoms with Crippen LogP contribution in [0.1, 0.15) is 35.8 Å². The van der Waals surface area contributed by atoms with Crippen LogP contribution >= 0.6 is 0 Å². The number of rotatable bonds is 9. The van der Waals surface area contributed by atoms with E-state index in [0.717, 1.165) is 22.1 Å². The van der Waals surface area contributed by atoms with Crippen molar-refractivity contribution >= 4 is 22.4 Å². The molecule has 0 fully saturated rings. The second kappa shape index (κ2) is 9.64. The summed E-state index contributed by atoms with van der Waals surface area (Å²) in [5, 5.41) is 9.35. The number of Topliss-reactive ketones (excluding diaryl/α,β-unsaturated/α-hetero) is 1. The summed E-state index contributed by atoms with van der Waals surface area (Å²) in [4.78, 5) is 12.8. The van der Waals surface area contributed by atoms with Gasteiger partial charge in [-0.2, -0.15) is 0 Å². The van der Waals surface area contributed by atoms with Crippen LogP contribution in [0.5, 0.6) is 5.75 Å². The third kappa shape index (κ3) is 5.32. The van der Waals surface area contributed by atoms with Crippen molar-refractivity contribution in [2.75, 3.05) is 12.4 Å². The van der Waals surface area contributed by atoms with Crippen molar-refractivity contribution < 1.29 is 18.4 Å². The van der Waals surface area contributed by atoms with E-state index < -0.39 is 6.04 Å². The second-order valence-corrected chi connectivity index (χ2v) is 7.86. The number of halogens is 1. The molecule has 0 spiro atoms. The minimum Gasteiger partial charge on any atom is -0.497 e. The van der Waals surface area contributed by atoms with E-state index in [0.29, 0.717) is 30.0 Å². The van der Waals surface area contributed by atoms with E-state index in [-0.39, 0.29) is 18.0 Å². The van der Waals surface area contributed by atoms with Gasteiger partial charge < -0.3 is 14.6 Å². The maximum Gasteiger partial charge on any atom is 0.170 e. The van der Waals surface area contributed by atoms with Crippen LogP contribution in [-0.4, -0.2) is 18.0 Å². The molecule has 0 saturated carbocycles. The minimum atomic E-state index is -0.397. The lowest BCUT2D eigenvalue weighted by molar-refractivity contribution is -0.119. The van der Waals surface area contributed by atoms with Gasteiger partial charge in [0.05, 0.1) is 13.2 Å². The number of carbonyl (C=O) groups excluding carboxylic acids is 1. The molecule has 164 valence electrons. The molecule has 0 aliphatic carbocycles. The summed E-state index contributed by atoms with van der Waals surface area (Å²) in [6, 6.07) is 19.7.